The van der Waals surface area contributed by atoms with E-state index in [-0.39, 0.29) is 43.3 Å². The van der Waals surface area contributed by atoms with Gasteiger partial charge in [0.1, 0.15) is 0 Å². The third-order valence-electron chi connectivity index (χ3n) is 8.64. The van der Waals surface area contributed by atoms with Crippen molar-refractivity contribution in [2.45, 2.75) is 76.4 Å². The number of hydrogen-bond donors (Lipinski definition) is 4. The van der Waals surface area contributed by atoms with Crippen LogP contribution in [0.5, 0.6) is 0 Å². The second kappa shape index (κ2) is 14.8. The lowest BCUT2D eigenvalue weighted by Gasteiger charge is -2.29. The molecule has 0 saturated heterocycles. The SMILES string of the molecule is CC(CC(CC(CC(C)c1ccc(S(=O)(=O)O)cc1)c1ccc(S(=O)(=O)O)cc1)c1ccc(S(=O)(=O)O)cc1)c1ccc(S(=O)(=O)O)cc1. The summed E-state index contributed by atoms with van der Waals surface area (Å²) in [5.41, 5.74) is 3.01. The summed E-state index contributed by atoms with van der Waals surface area (Å²) < 4.78 is 131. The number of rotatable bonds is 14. The van der Waals surface area contributed by atoms with E-state index in [2.05, 4.69) is 0 Å². The molecule has 0 heterocycles. The van der Waals surface area contributed by atoms with E-state index in [1.54, 1.807) is 48.5 Å². The minimum absolute atomic E-state index is 0.172. The van der Waals surface area contributed by atoms with E-state index in [9.17, 15) is 51.9 Å². The maximum Gasteiger partial charge on any atom is 0.294 e. The maximum atomic E-state index is 11.8. The second-order valence-corrected chi connectivity index (χ2v) is 17.8. The molecule has 4 rings (SSSR count). The van der Waals surface area contributed by atoms with Crippen molar-refractivity contribution in [2.75, 3.05) is 0 Å². The molecule has 0 aromatic heterocycles. The van der Waals surface area contributed by atoms with Gasteiger partial charge in [0, 0.05) is 0 Å². The van der Waals surface area contributed by atoms with Crippen LogP contribution >= 0.6 is 0 Å². The van der Waals surface area contributed by atoms with Gasteiger partial charge in [-0.1, -0.05) is 62.4 Å². The third-order valence-corrected chi connectivity index (χ3v) is 12.1. The summed E-state index contributed by atoms with van der Waals surface area (Å²) in [6.45, 7) is 3.86. The predicted octanol–water partition coefficient (Wildman–Crippen LogP) is 6.32. The van der Waals surface area contributed by atoms with Gasteiger partial charge in [0.25, 0.3) is 40.5 Å². The van der Waals surface area contributed by atoms with E-state index in [4.69, 9.17) is 0 Å². The largest absolute Gasteiger partial charge is 0.294 e. The van der Waals surface area contributed by atoms with Gasteiger partial charge in [-0.2, -0.15) is 33.7 Å². The van der Waals surface area contributed by atoms with E-state index in [1.807, 2.05) is 13.8 Å². The molecule has 0 spiro atoms. The van der Waals surface area contributed by atoms with Gasteiger partial charge in [0.05, 0.1) is 19.6 Å². The first-order valence-electron chi connectivity index (χ1n) is 14.9. The van der Waals surface area contributed by atoms with Gasteiger partial charge in [-0.3, -0.25) is 18.2 Å². The molecule has 0 amide bonds. The standard InChI is InChI=1S/C33H36O12S4/c1-22(24-3-11-30(12-4-24)46(34,35)36)19-28(26-7-15-32(16-8-26)48(40,41)42)21-29(27-9-17-33(18-10-27)49(43,44)45)20-23(2)25-5-13-31(14-6-25)47(37,38)39/h3-18,22-23,28-29H,19-21H2,1-2H3,(H,34,35,36)(H,37,38,39)(H,40,41,42)(H,43,44,45). The fourth-order valence-electron chi connectivity index (χ4n) is 5.97. The summed E-state index contributed by atoms with van der Waals surface area (Å²) in [6.07, 6.45) is 1.40. The molecule has 49 heavy (non-hydrogen) atoms. The highest BCUT2D eigenvalue weighted by Gasteiger charge is 2.26. The van der Waals surface area contributed by atoms with Gasteiger partial charge >= 0.3 is 0 Å². The van der Waals surface area contributed by atoms with Gasteiger partial charge in [0.2, 0.25) is 0 Å². The molecule has 0 fully saturated rings. The molecule has 0 aliphatic heterocycles. The third kappa shape index (κ3) is 10.3. The summed E-state index contributed by atoms with van der Waals surface area (Å²) in [5.74, 6) is -0.886. The zero-order valence-electron chi connectivity index (χ0n) is 26.4. The monoisotopic (exact) mass is 752 g/mol. The Kier molecular flexibility index (Phi) is 11.6. The van der Waals surface area contributed by atoms with Gasteiger partial charge in [-0.25, -0.2) is 0 Å². The molecule has 264 valence electrons. The highest BCUT2D eigenvalue weighted by Crippen LogP contribution is 2.42. The molecule has 0 aliphatic carbocycles. The second-order valence-electron chi connectivity index (χ2n) is 12.1. The molecule has 4 atom stereocenters. The first kappa shape index (κ1) is 38.3. The van der Waals surface area contributed by atoms with Crippen molar-refractivity contribution in [2.24, 2.45) is 0 Å². The molecule has 4 aromatic carbocycles. The highest BCUT2D eigenvalue weighted by atomic mass is 32.2. The van der Waals surface area contributed by atoms with Gasteiger partial charge in [-0.05, 0) is 114 Å². The van der Waals surface area contributed by atoms with Crippen molar-refractivity contribution >= 4 is 40.5 Å². The maximum absolute atomic E-state index is 11.8. The molecule has 4 N–H and O–H groups in total. The minimum Gasteiger partial charge on any atom is -0.282 e. The fourth-order valence-corrected chi connectivity index (χ4v) is 7.89. The van der Waals surface area contributed by atoms with Crippen LogP contribution in [0, 0.1) is 0 Å². The van der Waals surface area contributed by atoms with Crippen molar-refractivity contribution in [1.29, 1.82) is 0 Å². The molecule has 4 unspecified atom stereocenters. The summed E-state index contributed by atoms with van der Waals surface area (Å²) in [5, 5.41) is 0. The Morgan fingerprint density at radius 3 is 0.776 bits per heavy atom. The van der Waals surface area contributed by atoms with Crippen LogP contribution in [0.25, 0.3) is 0 Å². The molecule has 4 aromatic rings. The van der Waals surface area contributed by atoms with Crippen LogP contribution in [-0.2, 0) is 40.5 Å². The van der Waals surface area contributed by atoms with Crippen LogP contribution in [0.3, 0.4) is 0 Å². The molecule has 0 saturated carbocycles. The van der Waals surface area contributed by atoms with Crippen LogP contribution in [0.1, 0.15) is 79.0 Å². The minimum atomic E-state index is -4.46. The van der Waals surface area contributed by atoms with Crippen LogP contribution in [-0.4, -0.2) is 51.9 Å². The van der Waals surface area contributed by atoms with E-state index in [1.165, 1.54) is 48.5 Å². The number of benzene rings is 4. The molecule has 0 radical (unpaired) electrons. The Hall–Kier alpha value is -3.48. The molecule has 12 nitrogen and oxygen atoms in total. The molecule has 0 aliphatic rings. The highest BCUT2D eigenvalue weighted by molar-refractivity contribution is 7.86. The van der Waals surface area contributed by atoms with Crippen molar-refractivity contribution in [3.63, 3.8) is 0 Å². The van der Waals surface area contributed by atoms with Crippen LogP contribution < -0.4 is 0 Å². The Bertz CT molecular complexity index is 2040. The van der Waals surface area contributed by atoms with Crippen molar-refractivity contribution in [3.05, 3.63) is 119 Å². The molecule has 0 bridgehead atoms. The van der Waals surface area contributed by atoms with E-state index < -0.39 is 40.5 Å². The van der Waals surface area contributed by atoms with Crippen molar-refractivity contribution in [3.8, 4) is 0 Å². The zero-order valence-corrected chi connectivity index (χ0v) is 29.6. The van der Waals surface area contributed by atoms with Crippen LogP contribution in [0.15, 0.2) is 117 Å². The lowest BCUT2D eigenvalue weighted by Crippen LogP contribution is -2.13. The lowest BCUT2D eigenvalue weighted by molar-refractivity contribution is 0.439. The van der Waals surface area contributed by atoms with Gasteiger partial charge in [0.15, 0.2) is 0 Å². The smallest absolute Gasteiger partial charge is 0.282 e. The average molecular weight is 753 g/mol. The first-order valence-corrected chi connectivity index (χ1v) is 20.7. The quantitative estimate of drug-likeness (QED) is 0.104. The summed E-state index contributed by atoms with van der Waals surface area (Å²) >= 11 is 0. The normalized spacial score (nSPS) is 15.3. The van der Waals surface area contributed by atoms with Crippen molar-refractivity contribution < 1.29 is 51.9 Å². The Morgan fingerprint density at radius 1 is 0.367 bits per heavy atom. The Morgan fingerprint density at radius 2 is 0.571 bits per heavy atom. The first-order chi connectivity index (χ1) is 22.6. The summed E-state index contributed by atoms with van der Waals surface area (Å²) in [4.78, 5) is -1.09. The van der Waals surface area contributed by atoms with Crippen LogP contribution in [0.2, 0.25) is 0 Å². The van der Waals surface area contributed by atoms with E-state index in [0.717, 1.165) is 22.3 Å². The fraction of sp³-hybridized carbons (Fsp3) is 0.273. The summed E-state index contributed by atoms with van der Waals surface area (Å²) in [7, 11) is -17.7. The average Bonchev–Trinajstić information content (AvgIpc) is 3.02. The van der Waals surface area contributed by atoms with Crippen molar-refractivity contribution in [1.82, 2.24) is 0 Å². The van der Waals surface area contributed by atoms with E-state index >= 15 is 0 Å². The van der Waals surface area contributed by atoms with Crippen LogP contribution in [0.4, 0.5) is 0 Å². The number of hydrogen-bond acceptors (Lipinski definition) is 8. The summed E-state index contributed by atoms with van der Waals surface area (Å²) in [6, 6.07) is 23.1. The molecular weight excluding hydrogens is 717 g/mol. The zero-order chi connectivity index (χ0) is 36.4. The molecule has 16 heteroatoms. The topological polar surface area (TPSA) is 217 Å². The van der Waals surface area contributed by atoms with Gasteiger partial charge in [-0.15, -0.1) is 0 Å². The predicted molar refractivity (Wildman–Crippen MR) is 181 cm³/mol. The van der Waals surface area contributed by atoms with Gasteiger partial charge < -0.3 is 0 Å². The van der Waals surface area contributed by atoms with E-state index in [0.29, 0.717) is 19.3 Å². The Labute approximate surface area is 286 Å². The lowest BCUT2D eigenvalue weighted by atomic mass is 9.76. The Balaban J connectivity index is 1.74. The molecular formula is C33H36O12S4.